The maximum Gasteiger partial charge on any atom is 0.119 e. The lowest BCUT2D eigenvalue weighted by atomic mass is 9.88. The molecule has 0 radical (unpaired) electrons. The van der Waals surface area contributed by atoms with Crippen LogP contribution in [0.15, 0.2) is 78.9 Å². The van der Waals surface area contributed by atoms with Crippen LogP contribution in [0, 0.1) is 6.92 Å². The Labute approximate surface area is 187 Å². The Morgan fingerprint density at radius 3 is 2.00 bits per heavy atom. The van der Waals surface area contributed by atoms with Gasteiger partial charge in [0.25, 0.3) is 0 Å². The second-order valence-corrected chi connectivity index (χ2v) is 8.36. The normalized spacial score (nSPS) is 15.0. The van der Waals surface area contributed by atoms with E-state index in [1.807, 2.05) is 0 Å². The van der Waals surface area contributed by atoms with Crippen LogP contribution in [0.25, 0.3) is 11.1 Å². The number of likely N-dealkylation sites (tertiary alicyclic amines) is 1. The topological polar surface area (TPSA) is 12.5 Å². The first-order valence-electron chi connectivity index (χ1n) is 11.6. The number of nitrogens with zero attached hydrogens (tertiary/aromatic N) is 1. The number of allylic oxidation sites excluding steroid dienone is 1. The maximum absolute atomic E-state index is 6.04. The Kier molecular flexibility index (Phi) is 7.22. The third-order valence-corrected chi connectivity index (χ3v) is 6.14. The first kappa shape index (κ1) is 21.4. The quantitative estimate of drug-likeness (QED) is 0.376. The molecule has 2 nitrogen and oxygen atoms in total. The van der Waals surface area contributed by atoms with Gasteiger partial charge in [0.2, 0.25) is 0 Å². The third kappa shape index (κ3) is 5.45. The fourth-order valence-corrected chi connectivity index (χ4v) is 4.42. The minimum atomic E-state index is 0.754. The highest BCUT2D eigenvalue weighted by atomic mass is 16.5. The third-order valence-electron chi connectivity index (χ3n) is 6.14. The molecule has 3 aromatic rings. The van der Waals surface area contributed by atoms with Gasteiger partial charge in [-0.25, -0.2) is 0 Å². The highest BCUT2D eigenvalue weighted by Gasteiger charge is 2.14. The van der Waals surface area contributed by atoms with E-state index in [1.165, 1.54) is 59.3 Å². The van der Waals surface area contributed by atoms with Crippen LogP contribution in [-0.2, 0) is 0 Å². The van der Waals surface area contributed by atoms with Crippen molar-refractivity contribution >= 4 is 11.1 Å². The Bertz CT molecular complexity index is 981. The van der Waals surface area contributed by atoms with E-state index in [4.69, 9.17) is 4.74 Å². The number of hydrogen-bond donors (Lipinski definition) is 0. The molecule has 31 heavy (non-hydrogen) atoms. The van der Waals surface area contributed by atoms with Crippen molar-refractivity contribution in [2.45, 2.75) is 33.1 Å². The van der Waals surface area contributed by atoms with Crippen molar-refractivity contribution in [3.05, 3.63) is 101 Å². The summed E-state index contributed by atoms with van der Waals surface area (Å²) in [7, 11) is 0. The van der Waals surface area contributed by atoms with Gasteiger partial charge in [0.1, 0.15) is 12.4 Å². The van der Waals surface area contributed by atoms with Gasteiger partial charge in [0.15, 0.2) is 0 Å². The second kappa shape index (κ2) is 10.5. The van der Waals surface area contributed by atoms with E-state index in [1.54, 1.807) is 0 Å². The van der Waals surface area contributed by atoms with E-state index >= 15 is 0 Å². The molecular formula is C29H33NO. The van der Waals surface area contributed by atoms with Gasteiger partial charge in [0, 0.05) is 6.54 Å². The van der Waals surface area contributed by atoms with E-state index in [2.05, 4.69) is 97.6 Å². The van der Waals surface area contributed by atoms with Crippen molar-refractivity contribution in [2.75, 3.05) is 26.2 Å². The largest absolute Gasteiger partial charge is 0.492 e. The van der Waals surface area contributed by atoms with Crippen LogP contribution >= 0.6 is 0 Å². The van der Waals surface area contributed by atoms with Crippen LogP contribution in [-0.4, -0.2) is 31.1 Å². The van der Waals surface area contributed by atoms with E-state index in [0.717, 1.165) is 25.3 Å². The molecular weight excluding hydrogens is 378 g/mol. The molecule has 1 saturated heterocycles. The molecule has 0 aromatic heterocycles. The maximum atomic E-state index is 6.04. The molecule has 0 saturated carbocycles. The summed E-state index contributed by atoms with van der Waals surface area (Å²) in [6.45, 7) is 8.58. The molecule has 0 spiro atoms. The van der Waals surface area contributed by atoms with Gasteiger partial charge in [-0.3, -0.25) is 4.90 Å². The molecule has 1 fully saturated rings. The molecule has 0 bridgehead atoms. The monoisotopic (exact) mass is 411 g/mol. The predicted octanol–water partition coefficient (Wildman–Crippen LogP) is 6.84. The van der Waals surface area contributed by atoms with Gasteiger partial charge < -0.3 is 4.74 Å². The van der Waals surface area contributed by atoms with Gasteiger partial charge in [0.05, 0.1) is 0 Å². The summed E-state index contributed by atoms with van der Waals surface area (Å²) in [5.74, 6) is 0.948. The molecule has 0 unspecified atom stereocenters. The number of aryl methyl sites for hydroxylation is 1. The van der Waals surface area contributed by atoms with Gasteiger partial charge in [-0.2, -0.15) is 0 Å². The van der Waals surface area contributed by atoms with Crippen LogP contribution in [0.1, 0.15) is 48.4 Å². The van der Waals surface area contributed by atoms with E-state index < -0.39 is 0 Å². The molecule has 3 aromatic carbocycles. The van der Waals surface area contributed by atoms with E-state index in [9.17, 15) is 0 Å². The molecule has 1 aliphatic heterocycles. The highest BCUT2D eigenvalue weighted by molar-refractivity contribution is 5.98. The average Bonchev–Trinajstić information content (AvgIpc) is 3.33. The minimum Gasteiger partial charge on any atom is -0.492 e. The molecule has 0 atom stereocenters. The molecule has 0 amide bonds. The van der Waals surface area contributed by atoms with Crippen molar-refractivity contribution < 1.29 is 4.74 Å². The summed E-state index contributed by atoms with van der Waals surface area (Å²) in [5, 5.41) is 0. The Morgan fingerprint density at radius 2 is 1.39 bits per heavy atom. The lowest BCUT2D eigenvalue weighted by molar-refractivity contribution is 0.238. The van der Waals surface area contributed by atoms with Gasteiger partial charge >= 0.3 is 0 Å². The van der Waals surface area contributed by atoms with E-state index in [-0.39, 0.29) is 0 Å². The highest BCUT2D eigenvalue weighted by Crippen LogP contribution is 2.35. The van der Waals surface area contributed by atoms with Gasteiger partial charge in [-0.1, -0.05) is 79.2 Å². The van der Waals surface area contributed by atoms with Crippen molar-refractivity contribution in [3.63, 3.8) is 0 Å². The fourth-order valence-electron chi connectivity index (χ4n) is 4.42. The average molecular weight is 412 g/mol. The zero-order valence-electron chi connectivity index (χ0n) is 18.8. The van der Waals surface area contributed by atoms with Crippen LogP contribution in [0.3, 0.4) is 0 Å². The zero-order chi connectivity index (χ0) is 21.5. The van der Waals surface area contributed by atoms with Crippen LogP contribution in [0.2, 0.25) is 0 Å². The van der Waals surface area contributed by atoms with Gasteiger partial charge in [-0.05, 0) is 79.2 Å². The number of hydrogen-bond acceptors (Lipinski definition) is 2. The van der Waals surface area contributed by atoms with Crippen molar-refractivity contribution in [2.24, 2.45) is 0 Å². The first-order valence-corrected chi connectivity index (χ1v) is 11.6. The molecule has 4 rings (SSSR count). The van der Waals surface area contributed by atoms with Crippen molar-refractivity contribution in [3.8, 4) is 5.75 Å². The smallest absolute Gasteiger partial charge is 0.119 e. The standard InChI is InChI=1S/C29H33NO/c1-3-28(24-9-5-4-6-10-24)29(25-13-11-23(2)12-14-25)26-15-17-27(18-16-26)31-22-21-30-19-7-8-20-30/h4-6,9-18H,3,7-8,19-22H2,1-2H3/b29-28-. The Morgan fingerprint density at radius 1 is 0.774 bits per heavy atom. The SMILES string of the molecule is CC/C(=C(\c1ccc(C)cc1)c1ccc(OCCN2CCCC2)cc1)c1ccccc1. The lowest BCUT2D eigenvalue weighted by Gasteiger charge is -2.18. The summed E-state index contributed by atoms with van der Waals surface area (Å²) in [5.41, 5.74) is 7.73. The molecule has 1 heterocycles. The molecule has 0 aliphatic carbocycles. The Balaban J connectivity index is 1.62. The summed E-state index contributed by atoms with van der Waals surface area (Å²) >= 11 is 0. The predicted molar refractivity (Wildman–Crippen MR) is 131 cm³/mol. The number of benzene rings is 3. The number of ether oxygens (including phenoxy) is 1. The molecule has 2 heteroatoms. The summed E-state index contributed by atoms with van der Waals surface area (Å²) in [6.07, 6.45) is 3.62. The first-order chi connectivity index (χ1) is 15.2. The summed E-state index contributed by atoms with van der Waals surface area (Å²) in [6, 6.07) is 28.3. The molecule has 0 N–H and O–H groups in total. The van der Waals surface area contributed by atoms with Crippen molar-refractivity contribution in [1.82, 2.24) is 4.90 Å². The van der Waals surface area contributed by atoms with Crippen LogP contribution < -0.4 is 4.74 Å². The Hall–Kier alpha value is -2.84. The van der Waals surface area contributed by atoms with E-state index in [0.29, 0.717) is 0 Å². The fraction of sp³-hybridized carbons (Fsp3) is 0.310. The summed E-state index contributed by atoms with van der Waals surface area (Å²) < 4.78 is 6.04. The second-order valence-electron chi connectivity index (χ2n) is 8.36. The van der Waals surface area contributed by atoms with Gasteiger partial charge in [-0.15, -0.1) is 0 Å². The zero-order valence-corrected chi connectivity index (χ0v) is 18.8. The van der Waals surface area contributed by atoms with Crippen LogP contribution in [0.4, 0.5) is 0 Å². The minimum absolute atomic E-state index is 0.754. The molecule has 1 aliphatic rings. The number of rotatable bonds is 8. The van der Waals surface area contributed by atoms with Crippen LogP contribution in [0.5, 0.6) is 5.75 Å². The lowest BCUT2D eigenvalue weighted by Crippen LogP contribution is -2.25. The molecule has 160 valence electrons. The summed E-state index contributed by atoms with van der Waals surface area (Å²) in [4.78, 5) is 2.49. The van der Waals surface area contributed by atoms with Crippen molar-refractivity contribution in [1.29, 1.82) is 0 Å².